The van der Waals surface area contributed by atoms with E-state index in [1.54, 1.807) is 0 Å². The molecule has 3 aliphatic heterocycles. The summed E-state index contributed by atoms with van der Waals surface area (Å²) in [4.78, 5) is 13.9. The van der Waals surface area contributed by atoms with Gasteiger partial charge in [0.1, 0.15) is 6.29 Å². The predicted octanol–water partition coefficient (Wildman–Crippen LogP) is 5.10. The fourth-order valence-corrected chi connectivity index (χ4v) is 5.16. The van der Waals surface area contributed by atoms with Crippen LogP contribution in [0.2, 0.25) is 0 Å². The van der Waals surface area contributed by atoms with Crippen LogP contribution in [0.1, 0.15) is 62.3 Å². The minimum atomic E-state index is 0.418. The van der Waals surface area contributed by atoms with E-state index in [0.717, 1.165) is 19.3 Å². The van der Waals surface area contributed by atoms with Gasteiger partial charge in [0, 0.05) is 18.6 Å². The van der Waals surface area contributed by atoms with Crippen molar-refractivity contribution in [2.75, 3.05) is 26.7 Å². The molecule has 2 aromatic carbocycles. The summed E-state index contributed by atoms with van der Waals surface area (Å²) in [5.74, 6) is 0. The third kappa shape index (κ3) is 4.79. The van der Waals surface area contributed by atoms with Crippen LogP contribution >= 0.6 is 0 Å². The van der Waals surface area contributed by atoms with Gasteiger partial charge in [-0.1, -0.05) is 61.5 Å². The van der Waals surface area contributed by atoms with Crippen LogP contribution in [0, 0.1) is 0 Å². The molecule has 0 bridgehead atoms. The first-order valence-corrected chi connectivity index (χ1v) is 11.1. The number of hydrogen-bond donors (Lipinski definition) is 0. The van der Waals surface area contributed by atoms with E-state index in [0.29, 0.717) is 11.6 Å². The quantitative estimate of drug-likeness (QED) is 0.664. The van der Waals surface area contributed by atoms with Crippen molar-refractivity contribution >= 4 is 6.29 Å². The third-order valence-corrected chi connectivity index (χ3v) is 6.89. The summed E-state index contributed by atoms with van der Waals surface area (Å²) in [6.07, 6.45) is 7.70. The first-order chi connectivity index (χ1) is 14.1. The van der Waals surface area contributed by atoms with Crippen molar-refractivity contribution in [1.82, 2.24) is 9.80 Å². The molecule has 2 saturated heterocycles. The molecule has 3 aliphatic rings. The second-order valence-corrected chi connectivity index (χ2v) is 8.40. The average molecular weight is 393 g/mol. The SMILES string of the molecule is CC=O.CCC12CCCN1CC2.CN1CCc2ccccc2C1c1ccccc1. The van der Waals surface area contributed by atoms with Crippen LogP contribution in [0.25, 0.3) is 0 Å². The summed E-state index contributed by atoms with van der Waals surface area (Å²) in [7, 11) is 2.22. The monoisotopic (exact) mass is 392 g/mol. The number of carbonyl (C=O) groups is 1. The fourth-order valence-electron chi connectivity index (χ4n) is 5.16. The lowest BCUT2D eigenvalue weighted by Gasteiger charge is -2.48. The third-order valence-electron chi connectivity index (χ3n) is 6.89. The Morgan fingerprint density at radius 2 is 1.69 bits per heavy atom. The molecule has 0 aliphatic carbocycles. The Balaban J connectivity index is 0.000000167. The highest BCUT2D eigenvalue weighted by Gasteiger charge is 2.45. The molecule has 2 atom stereocenters. The molecule has 0 radical (unpaired) electrons. The van der Waals surface area contributed by atoms with Gasteiger partial charge in [-0.2, -0.15) is 0 Å². The molecule has 0 amide bonds. The number of benzene rings is 2. The van der Waals surface area contributed by atoms with Crippen LogP contribution in [0.15, 0.2) is 54.6 Å². The van der Waals surface area contributed by atoms with Crippen LogP contribution in [0.4, 0.5) is 0 Å². The van der Waals surface area contributed by atoms with Crippen LogP contribution in [-0.4, -0.2) is 48.3 Å². The van der Waals surface area contributed by atoms with Crippen LogP contribution in [-0.2, 0) is 11.2 Å². The van der Waals surface area contributed by atoms with Gasteiger partial charge in [0.15, 0.2) is 0 Å². The number of hydrogen-bond acceptors (Lipinski definition) is 3. The summed E-state index contributed by atoms with van der Waals surface area (Å²) >= 11 is 0. The van der Waals surface area contributed by atoms with E-state index in [-0.39, 0.29) is 0 Å². The van der Waals surface area contributed by atoms with E-state index in [4.69, 9.17) is 4.79 Å². The average Bonchev–Trinajstić information content (AvgIpc) is 3.03. The van der Waals surface area contributed by atoms with Gasteiger partial charge in [-0.05, 0) is 69.3 Å². The molecule has 156 valence electrons. The fraction of sp³-hybridized carbons (Fsp3) is 0.500. The largest absolute Gasteiger partial charge is 0.304 e. The summed E-state index contributed by atoms with van der Waals surface area (Å²) in [6, 6.07) is 20.0. The van der Waals surface area contributed by atoms with Gasteiger partial charge in [-0.3, -0.25) is 9.80 Å². The molecule has 2 unspecified atom stereocenters. The van der Waals surface area contributed by atoms with Crippen molar-refractivity contribution in [3.8, 4) is 0 Å². The molecule has 2 fully saturated rings. The van der Waals surface area contributed by atoms with Gasteiger partial charge >= 0.3 is 0 Å². The van der Waals surface area contributed by atoms with Crippen LogP contribution < -0.4 is 0 Å². The molecule has 0 saturated carbocycles. The number of rotatable bonds is 2. The number of carbonyl (C=O) groups excluding carboxylic acids is 1. The Morgan fingerprint density at radius 3 is 2.28 bits per heavy atom. The zero-order valence-corrected chi connectivity index (χ0v) is 18.3. The van der Waals surface area contributed by atoms with E-state index < -0.39 is 0 Å². The lowest BCUT2D eigenvalue weighted by atomic mass is 9.83. The van der Waals surface area contributed by atoms with Gasteiger partial charge in [-0.15, -0.1) is 0 Å². The number of fused-ring (bicyclic) bond motifs is 2. The number of likely N-dealkylation sites (N-methyl/N-ethyl adjacent to an activating group) is 1. The lowest BCUT2D eigenvalue weighted by molar-refractivity contribution is -0.106. The van der Waals surface area contributed by atoms with E-state index in [1.807, 2.05) is 0 Å². The maximum absolute atomic E-state index is 8.81. The smallest absolute Gasteiger partial charge is 0.116 e. The first-order valence-electron chi connectivity index (χ1n) is 11.1. The molecule has 0 spiro atoms. The maximum atomic E-state index is 8.81. The normalized spacial score (nSPS) is 25.3. The van der Waals surface area contributed by atoms with E-state index in [2.05, 4.69) is 78.4 Å². The lowest BCUT2D eigenvalue weighted by Crippen LogP contribution is -2.54. The van der Waals surface area contributed by atoms with Crippen molar-refractivity contribution in [3.05, 3.63) is 71.3 Å². The summed E-state index contributed by atoms with van der Waals surface area (Å²) in [5, 5.41) is 0. The Bertz CT molecular complexity index is 771. The number of aldehydes is 1. The van der Waals surface area contributed by atoms with Gasteiger partial charge in [0.25, 0.3) is 0 Å². The molecule has 5 rings (SSSR count). The standard InChI is InChI=1S/C16H17N.C8H15N.C2H4O/c1-17-12-11-13-7-5-6-10-15(13)16(17)14-8-3-2-4-9-14;1-2-8-4-3-6-9(8)7-5-8;1-2-3/h2-10,16H,11-12H2,1H3;2-7H2,1H3;2H,1H3. The second kappa shape index (κ2) is 10.2. The summed E-state index contributed by atoms with van der Waals surface area (Å²) in [5.41, 5.74) is 5.06. The van der Waals surface area contributed by atoms with Gasteiger partial charge in [0.05, 0.1) is 6.04 Å². The van der Waals surface area contributed by atoms with Gasteiger partial charge < -0.3 is 4.79 Å². The minimum Gasteiger partial charge on any atom is -0.304 e. The molecule has 3 heterocycles. The Hall–Kier alpha value is -1.97. The van der Waals surface area contributed by atoms with E-state index in [9.17, 15) is 0 Å². The van der Waals surface area contributed by atoms with Gasteiger partial charge in [-0.25, -0.2) is 0 Å². The van der Waals surface area contributed by atoms with Crippen molar-refractivity contribution in [2.24, 2.45) is 0 Å². The van der Waals surface area contributed by atoms with Crippen molar-refractivity contribution in [2.45, 2.75) is 57.5 Å². The topological polar surface area (TPSA) is 23.6 Å². The molecular formula is C26H36N2O. The molecule has 0 aromatic heterocycles. The molecule has 3 heteroatoms. The van der Waals surface area contributed by atoms with Crippen molar-refractivity contribution < 1.29 is 4.79 Å². The zero-order chi connectivity index (χ0) is 20.7. The van der Waals surface area contributed by atoms with E-state index >= 15 is 0 Å². The Morgan fingerprint density at radius 1 is 1.00 bits per heavy atom. The highest BCUT2D eigenvalue weighted by Crippen LogP contribution is 2.42. The van der Waals surface area contributed by atoms with Crippen LogP contribution in [0.3, 0.4) is 0 Å². The summed E-state index contributed by atoms with van der Waals surface area (Å²) in [6.45, 7) is 7.68. The summed E-state index contributed by atoms with van der Waals surface area (Å²) < 4.78 is 0. The number of nitrogens with zero attached hydrogens (tertiary/aromatic N) is 2. The second-order valence-electron chi connectivity index (χ2n) is 8.40. The zero-order valence-electron chi connectivity index (χ0n) is 18.3. The van der Waals surface area contributed by atoms with E-state index in [1.165, 1.54) is 62.4 Å². The highest BCUT2D eigenvalue weighted by atomic mass is 16.1. The molecular weight excluding hydrogens is 356 g/mol. The highest BCUT2D eigenvalue weighted by molar-refractivity contribution is 5.44. The Labute approximate surface area is 176 Å². The molecule has 29 heavy (non-hydrogen) atoms. The minimum absolute atomic E-state index is 0.418. The molecule has 2 aromatic rings. The van der Waals surface area contributed by atoms with Crippen LogP contribution in [0.5, 0.6) is 0 Å². The Kier molecular flexibility index (Phi) is 7.63. The van der Waals surface area contributed by atoms with Crippen molar-refractivity contribution in [1.29, 1.82) is 0 Å². The molecule has 0 N–H and O–H groups in total. The van der Waals surface area contributed by atoms with Gasteiger partial charge in [0.2, 0.25) is 0 Å². The molecule has 3 nitrogen and oxygen atoms in total. The predicted molar refractivity (Wildman–Crippen MR) is 121 cm³/mol. The van der Waals surface area contributed by atoms with Crippen molar-refractivity contribution in [3.63, 3.8) is 0 Å². The maximum Gasteiger partial charge on any atom is 0.116 e. The first kappa shape index (κ1) is 21.7.